The zero-order chi connectivity index (χ0) is 10.2. The maximum atomic E-state index is 12.3. The van der Waals surface area contributed by atoms with Gasteiger partial charge in [0.2, 0.25) is 0 Å². The second-order valence-electron chi connectivity index (χ2n) is 2.26. The Kier molecular flexibility index (Phi) is 3.35. The zero-order valence-corrected chi connectivity index (χ0v) is 10.1. The summed E-state index contributed by atoms with van der Waals surface area (Å²) in [4.78, 5) is 0.245. The number of thiol groups is 1. The highest BCUT2D eigenvalue weighted by atomic mass is 79.9. The van der Waals surface area contributed by atoms with Crippen LogP contribution in [0.15, 0.2) is 26.0 Å². The molecule has 0 unspecified atom stereocenters. The van der Waals surface area contributed by atoms with E-state index in [1.165, 1.54) is 6.07 Å². The Bertz CT molecular complexity index is 335. The largest absolute Gasteiger partial charge is 0.417 e. The van der Waals surface area contributed by atoms with Crippen molar-refractivity contribution in [3.8, 4) is 0 Å². The van der Waals surface area contributed by atoms with Crippen molar-refractivity contribution >= 4 is 44.5 Å². The third kappa shape index (κ3) is 2.41. The molecule has 0 amide bonds. The summed E-state index contributed by atoms with van der Waals surface area (Å²) < 4.78 is 37.3. The molecule has 1 aromatic carbocycles. The lowest BCUT2D eigenvalue weighted by atomic mass is 10.2. The molecular weight excluding hydrogens is 333 g/mol. The molecule has 0 aliphatic heterocycles. The molecule has 0 bridgehead atoms. The van der Waals surface area contributed by atoms with E-state index in [1.54, 1.807) is 0 Å². The van der Waals surface area contributed by atoms with Crippen LogP contribution in [0, 0.1) is 0 Å². The van der Waals surface area contributed by atoms with Gasteiger partial charge >= 0.3 is 6.18 Å². The monoisotopic (exact) mass is 334 g/mol. The Balaban J connectivity index is 3.35. The van der Waals surface area contributed by atoms with Crippen molar-refractivity contribution in [2.24, 2.45) is 0 Å². The normalized spacial score (nSPS) is 11.8. The summed E-state index contributed by atoms with van der Waals surface area (Å²) in [5.41, 5.74) is -0.722. The van der Waals surface area contributed by atoms with Gasteiger partial charge in [0.05, 0.1) is 5.56 Å². The van der Waals surface area contributed by atoms with Gasteiger partial charge in [-0.05, 0) is 44.0 Å². The van der Waals surface area contributed by atoms with E-state index in [4.69, 9.17) is 0 Å². The van der Waals surface area contributed by atoms with Gasteiger partial charge in [-0.2, -0.15) is 13.2 Å². The fourth-order valence-corrected chi connectivity index (χ4v) is 2.12. The summed E-state index contributed by atoms with van der Waals surface area (Å²) in [7, 11) is 0. The molecule has 13 heavy (non-hydrogen) atoms. The molecule has 0 saturated carbocycles. The van der Waals surface area contributed by atoms with Crippen molar-refractivity contribution in [3.05, 3.63) is 26.6 Å². The van der Waals surface area contributed by atoms with Gasteiger partial charge in [0.15, 0.2) is 0 Å². The number of hydrogen-bond donors (Lipinski definition) is 1. The van der Waals surface area contributed by atoms with Crippen LogP contribution in [0.4, 0.5) is 13.2 Å². The molecule has 0 radical (unpaired) electrons. The fourth-order valence-electron chi connectivity index (χ4n) is 0.760. The highest BCUT2D eigenvalue weighted by Gasteiger charge is 2.33. The molecule has 0 fully saturated rings. The summed E-state index contributed by atoms with van der Waals surface area (Å²) in [6.07, 6.45) is -4.35. The highest BCUT2D eigenvalue weighted by molar-refractivity contribution is 9.11. The lowest BCUT2D eigenvalue weighted by molar-refractivity contribution is -0.138. The highest BCUT2D eigenvalue weighted by Crippen LogP contribution is 2.40. The third-order valence-electron chi connectivity index (χ3n) is 1.37. The van der Waals surface area contributed by atoms with Gasteiger partial charge in [0.25, 0.3) is 0 Å². The van der Waals surface area contributed by atoms with Gasteiger partial charge < -0.3 is 0 Å². The first kappa shape index (κ1) is 11.4. The summed E-state index contributed by atoms with van der Waals surface area (Å²) in [5.74, 6) is 0. The van der Waals surface area contributed by atoms with Gasteiger partial charge in [-0.1, -0.05) is 0 Å². The van der Waals surface area contributed by atoms with Crippen LogP contribution in [0.25, 0.3) is 0 Å². The Morgan fingerprint density at radius 1 is 1.15 bits per heavy atom. The summed E-state index contributed by atoms with van der Waals surface area (Å²) in [6.45, 7) is 0. The molecule has 0 saturated heterocycles. The Labute approximate surface area is 95.2 Å². The molecule has 1 rings (SSSR count). The van der Waals surface area contributed by atoms with Crippen molar-refractivity contribution < 1.29 is 13.2 Å². The van der Waals surface area contributed by atoms with Crippen molar-refractivity contribution in [3.63, 3.8) is 0 Å². The maximum absolute atomic E-state index is 12.3. The summed E-state index contributed by atoms with van der Waals surface area (Å²) in [6, 6.07) is 2.31. The average molecular weight is 336 g/mol. The minimum atomic E-state index is -4.35. The van der Waals surface area contributed by atoms with E-state index in [1.807, 2.05) is 0 Å². The number of alkyl halides is 3. The molecule has 0 aliphatic carbocycles. The number of halogens is 5. The SMILES string of the molecule is FC(F)(F)c1ccc(Br)c(S)c1Br. The molecule has 0 N–H and O–H groups in total. The third-order valence-corrected chi connectivity index (χ3v) is 3.93. The first-order valence-electron chi connectivity index (χ1n) is 3.08. The summed E-state index contributed by atoms with van der Waals surface area (Å²) in [5, 5.41) is 0. The average Bonchev–Trinajstić information content (AvgIpc) is 1.98. The van der Waals surface area contributed by atoms with Crippen LogP contribution in [0.1, 0.15) is 5.56 Å². The van der Waals surface area contributed by atoms with Crippen LogP contribution in [0.2, 0.25) is 0 Å². The molecule has 0 aliphatic rings. The first-order valence-corrected chi connectivity index (χ1v) is 5.11. The number of benzene rings is 1. The number of rotatable bonds is 0. The minimum absolute atomic E-state index is 0.0438. The molecular formula is C7H3Br2F3S. The van der Waals surface area contributed by atoms with Crippen molar-refractivity contribution in [2.75, 3.05) is 0 Å². The van der Waals surface area contributed by atoms with Gasteiger partial charge in [0, 0.05) is 13.8 Å². The fraction of sp³-hybridized carbons (Fsp3) is 0.143. The van der Waals surface area contributed by atoms with E-state index in [0.717, 1.165) is 6.07 Å². The second kappa shape index (κ2) is 3.82. The molecule has 1 aromatic rings. The maximum Gasteiger partial charge on any atom is 0.417 e. The van der Waals surface area contributed by atoms with Crippen LogP contribution in [0.3, 0.4) is 0 Å². The van der Waals surface area contributed by atoms with E-state index < -0.39 is 11.7 Å². The lowest BCUT2D eigenvalue weighted by Gasteiger charge is -2.11. The second-order valence-corrected chi connectivity index (χ2v) is 4.35. The zero-order valence-electron chi connectivity index (χ0n) is 5.99. The van der Waals surface area contributed by atoms with Crippen LogP contribution >= 0.6 is 44.5 Å². The predicted molar refractivity (Wildman–Crippen MR) is 54.1 cm³/mol. The minimum Gasteiger partial charge on any atom is -0.166 e. The molecule has 6 heteroatoms. The van der Waals surface area contributed by atoms with Gasteiger partial charge in [-0.25, -0.2) is 0 Å². The van der Waals surface area contributed by atoms with E-state index >= 15 is 0 Å². The smallest absolute Gasteiger partial charge is 0.166 e. The van der Waals surface area contributed by atoms with Crippen molar-refractivity contribution in [2.45, 2.75) is 11.1 Å². The van der Waals surface area contributed by atoms with Crippen LogP contribution < -0.4 is 0 Å². The molecule has 0 atom stereocenters. The van der Waals surface area contributed by atoms with Gasteiger partial charge in [0.1, 0.15) is 0 Å². The van der Waals surface area contributed by atoms with Crippen molar-refractivity contribution in [1.29, 1.82) is 0 Å². The molecule has 0 spiro atoms. The predicted octanol–water partition coefficient (Wildman–Crippen LogP) is 4.52. The Morgan fingerprint density at radius 2 is 1.69 bits per heavy atom. The quantitative estimate of drug-likeness (QED) is 0.662. The van der Waals surface area contributed by atoms with Crippen LogP contribution in [0.5, 0.6) is 0 Å². The van der Waals surface area contributed by atoms with Gasteiger partial charge in [-0.15, -0.1) is 12.6 Å². The van der Waals surface area contributed by atoms with E-state index in [9.17, 15) is 13.2 Å². The Morgan fingerprint density at radius 3 is 2.15 bits per heavy atom. The van der Waals surface area contributed by atoms with Crippen molar-refractivity contribution in [1.82, 2.24) is 0 Å². The van der Waals surface area contributed by atoms with Crippen LogP contribution in [-0.4, -0.2) is 0 Å². The molecule has 0 heterocycles. The lowest BCUT2D eigenvalue weighted by Crippen LogP contribution is -2.06. The van der Waals surface area contributed by atoms with Crippen LogP contribution in [-0.2, 0) is 6.18 Å². The topological polar surface area (TPSA) is 0 Å². The standard InChI is InChI=1S/C7H3Br2F3S/c8-4-2-1-3(7(10,11)12)5(9)6(4)13/h1-2,13H. The molecule has 0 nitrogen and oxygen atoms in total. The van der Waals surface area contributed by atoms with Gasteiger partial charge in [-0.3, -0.25) is 0 Å². The Hall–Kier alpha value is 0.320. The number of hydrogen-bond acceptors (Lipinski definition) is 1. The van der Waals surface area contributed by atoms with E-state index in [-0.39, 0.29) is 9.37 Å². The first-order chi connectivity index (χ1) is 5.84. The molecule has 0 aromatic heterocycles. The summed E-state index contributed by atoms with van der Waals surface area (Å²) >= 11 is 9.83. The van der Waals surface area contributed by atoms with E-state index in [2.05, 4.69) is 44.5 Å². The van der Waals surface area contributed by atoms with E-state index in [0.29, 0.717) is 4.47 Å². The molecule has 72 valence electrons.